The van der Waals surface area contributed by atoms with Gasteiger partial charge < -0.3 is 15.5 Å². The summed E-state index contributed by atoms with van der Waals surface area (Å²) in [7, 11) is -3.72. The average molecular weight is 460 g/mol. The van der Waals surface area contributed by atoms with E-state index in [1.165, 1.54) is 36.4 Å². The fraction of sp³-hybridized carbons (Fsp3) is 0.174. The van der Waals surface area contributed by atoms with Gasteiger partial charge in [0.05, 0.1) is 21.5 Å². The Morgan fingerprint density at radius 1 is 0.968 bits per heavy atom. The molecule has 0 amide bonds. The zero-order chi connectivity index (χ0) is 22.4. The van der Waals surface area contributed by atoms with E-state index < -0.39 is 21.9 Å². The highest BCUT2D eigenvalue weighted by Gasteiger charge is 2.18. The molecule has 0 heterocycles. The van der Waals surface area contributed by atoms with Crippen LogP contribution >= 0.6 is 11.6 Å². The van der Waals surface area contributed by atoms with Crippen LogP contribution in [0.5, 0.6) is 0 Å². The summed E-state index contributed by atoms with van der Waals surface area (Å²) in [4.78, 5) is 11.1. The third kappa shape index (κ3) is 5.92. The molecule has 0 radical (unpaired) electrons. The van der Waals surface area contributed by atoms with Crippen LogP contribution in [-0.2, 0) is 16.3 Å². The Kier molecular flexibility index (Phi) is 7.46. The topological polar surface area (TPSA) is 104 Å². The monoisotopic (exact) mass is 459 g/mol. The number of hydrogen-bond donors (Lipinski definition) is 3. The number of nitrogens with one attached hydrogen (secondary N) is 1. The summed E-state index contributed by atoms with van der Waals surface area (Å²) in [5, 5.41) is 22.9. The molecule has 0 aliphatic carbocycles. The van der Waals surface area contributed by atoms with Crippen LogP contribution in [0.25, 0.3) is 0 Å². The zero-order valence-electron chi connectivity index (χ0n) is 16.5. The molecule has 0 saturated heterocycles. The van der Waals surface area contributed by atoms with E-state index in [2.05, 4.69) is 5.32 Å². The highest BCUT2D eigenvalue weighted by atomic mass is 35.5. The van der Waals surface area contributed by atoms with E-state index in [4.69, 9.17) is 16.7 Å². The number of sulfone groups is 1. The summed E-state index contributed by atoms with van der Waals surface area (Å²) >= 11 is 5.94. The fourth-order valence-electron chi connectivity index (χ4n) is 3.05. The van der Waals surface area contributed by atoms with Gasteiger partial charge in [-0.3, -0.25) is 0 Å². The van der Waals surface area contributed by atoms with E-state index in [0.717, 1.165) is 11.1 Å². The molecule has 3 rings (SSSR count). The van der Waals surface area contributed by atoms with Gasteiger partial charge in [0, 0.05) is 11.6 Å². The highest BCUT2D eigenvalue weighted by molar-refractivity contribution is 7.91. The van der Waals surface area contributed by atoms with E-state index in [0.29, 0.717) is 24.5 Å². The Bertz CT molecular complexity index is 1150. The van der Waals surface area contributed by atoms with Crippen molar-refractivity contribution >= 4 is 27.4 Å². The number of aromatic carboxylic acids is 1. The second-order valence-corrected chi connectivity index (χ2v) is 9.39. The molecule has 0 spiro atoms. The Balaban J connectivity index is 1.55. The number of carbonyl (C=O) groups is 1. The predicted octanol–water partition coefficient (Wildman–Crippen LogP) is 3.74. The van der Waals surface area contributed by atoms with Crippen molar-refractivity contribution in [1.82, 2.24) is 5.32 Å². The van der Waals surface area contributed by atoms with Crippen LogP contribution < -0.4 is 5.32 Å². The Hall–Kier alpha value is -2.71. The lowest BCUT2D eigenvalue weighted by Gasteiger charge is -2.12. The van der Waals surface area contributed by atoms with Gasteiger partial charge in [-0.15, -0.1) is 0 Å². The largest absolute Gasteiger partial charge is 0.478 e. The SMILES string of the molecule is O=C(O)c1ccc(S(=O)(=O)c2ccc(CCNC[C@H](O)c3cccc(Cl)c3)cc2)cc1. The summed E-state index contributed by atoms with van der Waals surface area (Å²) in [5.41, 5.74) is 1.72. The average Bonchev–Trinajstić information content (AvgIpc) is 2.77. The van der Waals surface area contributed by atoms with Crippen molar-refractivity contribution in [2.75, 3.05) is 13.1 Å². The van der Waals surface area contributed by atoms with Gasteiger partial charge in [0.1, 0.15) is 0 Å². The molecule has 1 atom stereocenters. The van der Waals surface area contributed by atoms with Gasteiger partial charge in [-0.2, -0.15) is 0 Å². The standard InChI is InChI=1S/C23H22ClNO5S/c24-19-3-1-2-18(14-19)22(26)15-25-13-12-16-4-8-20(9-5-16)31(29,30)21-10-6-17(7-11-21)23(27)28/h1-11,14,22,25-26H,12-13,15H2,(H,27,28)/t22-/m0/s1. The maximum absolute atomic E-state index is 12.7. The summed E-state index contributed by atoms with van der Waals surface area (Å²) in [6, 6.07) is 18.8. The summed E-state index contributed by atoms with van der Waals surface area (Å²) in [5.74, 6) is -1.11. The van der Waals surface area contributed by atoms with E-state index in [1.54, 1.807) is 30.3 Å². The molecule has 162 valence electrons. The molecule has 8 heteroatoms. The summed E-state index contributed by atoms with van der Waals surface area (Å²) in [6.07, 6.45) is -0.00524. The first kappa shape index (κ1) is 23.0. The van der Waals surface area contributed by atoms with Crippen molar-refractivity contribution < 1.29 is 23.4 Å². The van der Waals surface area contributed by atoms with Crippen molar-refractivity contribution in [3.8, 4) is 0 Å². The predicted molar refractivity (Wildman–Crippen MR) is 118 cm³/mol. The first-order valence-corrected chi connectivity index (χ1v) is 11.4. The molecule has 6 nitrogen and oxygen atoms in total. The van der Waals surface area contributed by atoms with E-state index in [1.807, 2.05) is 6.07 Å². The van der Waals surface area contributed by atoms with Gasteiger partial charge in [0.15, 0.2) is 0 Å². The van der Waals surface area contributed by atoms with Crippen LogP contribution in [0.3, 0.4) is 0 Å². The molecule has 3 aromatic carbocycles. The first-order valence-electron chi connectivity index (χ1n) is 9.59. The number of hydrogen-bond acceptors (Lipinski definition) is 5. The van der Waals surface area contributed by atoms with Crippen LogP contribution in [0, 0.1) is 0 Å². The third-order valence-electron chi connectivity index (χ3n) is 4.81. The van der Waals surface area contributed by atoms with Crippen molar-refractivity contribution in [3.63, 3.8) is 0 Å². The number of aliphatic hydroxyl groups is 1. The summed E-state index contributed by atoms with van der Waals surface area (Å²) in [6.45, 7) is 0.986. The minimum Gasteiger partial charge on any atom is -0.478 e. The highest BCUT2D eigenvalue weighted by Crippen LogP contribution is 2.22. The zero-order valence-corrected chi connectivity index (χ0v) is 18.1. The van der Waals surface area contributed by atoms with Crippen LogP contribution in [0.1, 0.15) is 27.6 Å². The number of rotatable bonds is 9. The molecule has 0 aliphatic heterocycles. The lowest BCUT2D eigenvalue weighted by Crippen LogP contribution is -2.23. The van der Waals surface area contributed by atoms with E-state index in [-0.39, 0.29) is 15.4 Å². The molecule has 0 fully saturated rings. The normalized spacial score (nSPS) is 12.5. The van der Waals surface area contributed by atoms with Crippen LogP contribution in [-0.4, -0.2) is 37.7 Å². The van der Waals surface area contributed by atoms with Crippen molar-refractivity contribution in [2.24, 2.45) is 0 Å². The molecule has 0 unspecified atom stereocenters. The number of aliphatic hydroxyl groups excluding tert-OH is 1. The number of carboxylic acid groups (broad SMARTS) is 1. The van der Waals surface area contributed by atoms with Crippen molar-refractivity contribution in [2.45, 2.75) is 22.3 Å². The Morgan fingerprint density at radius 2 is 1.58 bits per heavy atom. The molecule has 3 N–H and O–H groups in total. The fourth-order valence-corrected chi connectivity index (χ4v) is 4.51. The van der Waals surface area contributed by atoms with E-state index >= 15 is 0 Å². The third-order valence-corrected chi connectivity index (χ3v) is 6.83. The quantitative estimate of drug-likeness (QED) is 0.421. The number of benzene rings is 3. The summed E-state index contributed by atoms with van der Waals surface area (Å²) < 4.78 is 25.4. The second-order valence-electron chi connectivity index (χ2n) is 7.00. The van der Waals surface area contributed by atoms with Gasteiger partial charge in [-0.1, -0.05) is 35.9 Å². The van der Waals surface area contributed by atoms with Gasteiger partial charge in [0.2, 0.25) is 9.84 Å². The first-order chi connectivity index (χ1) is 14.8. The van der Waals surface area contributed by atoms with Crippen LogP contribution in [0.15, 0.2) is 82.6 Å². The van der Waals surface area contributed by atoms with Crippen molar-refractivity contribution in [1.29, 1.82) is 0 Å². The lowest BCUT2D eigenvalue weighted by atomic mass is 10.1. The molecule has 0 saturated carbocycles. The lowest BCUT2D eigenvalue weighted by molar-refractivity contribution is 0.0696. The molecular formula is C23H22ClNO5S. The van der Waals surface area contributed by atoms with Gasteiger partial charge in [-0.25, -0.2) is 13.2 Å². The van der Waals surface area contributed by atoms with Gasteiger partial charge >= 0.3 is 5.97 Å². The van der Waals surface area contributed by atoms with Gasteiger partial charge in [-0.05, 0) is 72.6 Å². The molecule has 3 aromatic rings. The minimum absolute atomic E-state index is 0.0299. The van der Waals surface area contributed by atoms with Crippen LogP contribution in [0.2, 0.25) is 5.02 Å². The second kappa shape index (κ2) is 10.1. The smallest absolute Gasteiger partial charge is 0.335 e. The molecule has 0 aromatic heterocycles. The Labute approximate surface area is 186 Å². The molecule has 0 bridgehead atoms. The Morgan fingerprint density at radius 3 is 2.16 bits per heavy atom. The van der Waals surface area contributed by atoms with Gasteiger partial charge in [0.25, 0.3) is 0 Å². The molecular weight excluding hydrogens is 438 g/mol. The van der Waals surface area contributed by atoms with E-state index in [9.17, 15) is 18.3 Å². The maximum atomic E-state index is 12.7. The molecule has 31 heavy (non-hydrogen) atoms. The maximum Gasteiger partial charge on any atom is 0.335 e. The molecule has 0 aliphatic rings. The van der Waals surface area contributed by atoms with Crippen molar-refractivity contribution in [3.05, 3.63) is 94.5 Å². The number of halogens is 1. The number of carboxylic acids is 1. The minimum atomic E-state index is -3.72. The van der Waals surface area contributed by atoms with Crippen LogP contribution in [0.4, 0.5) is 0 Å².